The van der Waals surface area contributed by atoms with Gasteiger partial charge in [0.05, 0.1) is 0 Å². The molecule has 1 aromatic heterocycles. The minimum absolute atomic E-state index is 0.0728. The predicted octanol–water partition coefficient (Wildman–Crippen LogP) is 3.21. The van der Waals surface area contributed by atoms with Crippen molar-refractivity contribution >= 4 is 5.82 Å². The topological polar surface area (TPSA) is 46.9 Å². The van der Waals surface area contributed by atoms with Crippen molar-refractivity contribution in [3.05, 3.63) is 58.6 Å². The van der Waals surface area contributed by atoms with E-state index in [2.05, 4.69) is 36.3 Å². The SMILES string of the molecule is CC(C)n1ccnc(NCC(C)(C)c2ccccc2)c1=O. The molecule has 0 atom stereocenters. The smallest absolute Gasteiger partial charge is 0.293 e. The molecule has 0 radical (unpaired) electrons. The minimum atomic E-state index is -0.0755. The predicted molar refractivity (Wildman–Crippen MR) is 86.8 cm³/mol. The van der Waals surface area contributed by atoms with E-state index in [1.807, 2.05) is 32.0 Å². The second-order valence-electron chi connectivity index (χ2n) is 6.19. The van der Waals surface area contributed by atoms with Gasteiger partial charge in [0.15, 0.2) is 5.82 Å². The molecule has 0 amide bonds. The van der Waals surface area contributed by atoms with Gasteiger partial charge in [-0.15, -0.1) is 0 Å². The Kier molecular flexibility index (Phi) is 4.46. The van der Waals surface area contributed by atoms with Gasteiger partial charge < -0.3 is 9.88 Å². The molecule has 0 saturated carbocycles. The number of rotatable bonds is 5. The average Bonchev–Trinajstić information content (AvgIpc) is 2.47. The molecule has 0 unspecified atom stereocenters. The zero-order valence-corrected chi connectivity index (χ0v) is 13.1. The highest BCUT2D eigenvalue weighted by atomic mass is 16.1. The van der Waals surface area contributed by atoms with Crippen LogP contribution in [0.3, 0.4) is 0 Å². The van der Waals surface area contributed by atoms with Crippen molar-refractivity contribution < 1.29 is 0 Å². The summed E-state index contributed by atoms with van der Waals surface area (Å²) in [6.07, 6.45) is 3.39. The maximum atomic E-state index is 12.3. The Hall–Kier alpha value is -2.10. The molecule has 112 valence electrons. The van der Waals surface area contributed by atoms with Crippen LogP contribution in [-0.2, 0) is 5.41 Å². The van der Waals surface area contributed by atoms with Crippen molar-refractivity contribution in [1.82, 2.24) is 9.55 Å². The highest BCUT2D eigenvalue weighted by molar-refractivity contribution is 5.34. The summed E-state index contributed by atoms with van der Waals surface area (Å²) in [7, 11) is 0. The van der Waals surface area contributed by atoms with Crippen molar-refractivity contribution in [2.24, 2.45) is 0 Å². The van der Waals surface area contributed by atoms with Gasteiger partial charge in [0, 0.05) is 30.4 Å². The van der Waals surface area contributed by atoms with E-state index in [1.165, 1.54) is 5.56 Å². The molecule has 0 aliphatic carbocycles. The molecule has 2 aromatic rings. The Balaban J connectivity index is 2.17. The summed E-state index contributed by atoms with van der Waals surface area (Å²) < 4.78 is 1.69. The fourth-order valence-electron chi connectivity index (χ4n) is 2.25. The third-order valence-corrected chi connectivity index (χ3v) is 3.68. The molecule has 2 rings (SSSR count). The molecular formula is C17H23N3O. The van der Waals surface area contributed by atoms with Crippen LogP contribution in [0.2, 0.25) is 0 Å². The normalized spacial score (nSPS) is 11.7. The van der Waals surface area contributed by atoms with Crippen LogP contribution in [0.4, 0.5) is 5.82 Å². The Morgan fingerprint density at radius 3 is 2.52 bits per heavy atom. The molecule has 0 saturated heterocycles. The van der Waals surface area contributed by atoms with E-state index >= 15 is 0 Å². The van der Waals surface area contributed by atoms with Crippen molar-refractivity contribution in [3.8, 4) is 0 Å². The van der Waals surface area contributed by atoms with E-state index in [4.69, 9.17) is 0 Å². The maximum absolute atomic E-state index is 12.3. The minimum Gasteiger partial charge on any atom is -0.365 e. The first kappa shape index (κ1) is 15.3. The van der Waals surface area contributed by atoms with Crippen LogP contribution in [0.25, 0.3) is 0 Å². The van der Waals surface area contributed by atoms with E-state index in [0.717, 1.165) is 0 Å². The van der Waals surface area contributed by atoms with Crippen LogP contribution in [-0.4, -0.2) is 16.1 Å². The molecule has 0 aliphatic heterocycles. The number of hydrogen-bond acceptors (Lipinski definition) is 3. The summed E-state index contributed by atoms with van der Waals surface area (Å²) in [5.41, 5.74) is 1.09. The number of aromatic nitrogens is 2. The fourth-order valence-corrected chi connectivity index (χ4v) is 2.25. The maximum Gasteiger partial charge on any atom is 0.293 e. The highest BCUT2D eigenvalue weighted by Gasteiger charge is 2.21. The molecule has 0 aliphatic rings. The van der Waals surface area contributed by atoms with E-state index < -0.39 is 0 Å². The quantitative estimate of drug-likeness (QED) is 0.917. The lowest BCUT2D eigenvalue weighted by atomic mass is 9.85. The number of nitrogens with one attached hydrogen (secondary N) is 1. The molecule has 4 heteroatoms. The first-order valence-corrected chi connectivity index (χ1v) is 7.28. The van der Waals surface area contributed by atoms with Gasteiger partial charge in [-0.25, -0.2) is 4.98 Å². The summed E-state index contributed by atoms with van der Waals surface area (Å²) in [5.74, 6) is 0.412. The van der Waals surface area contributed by atoms with Gasteiger partial charge in [-0.1, -0.05) is 44.2 Å². The zero-order chi connectivity index (χ0) is 15.5. The van der Waals surface area contributed by atoms with Gasteiger partial charge in [0.2, 0.25) is 0 Å². The van der Waals surface area contributed by atoms with Crippen molar-refractivity contribution in [2.75, 3.05) is 11.9 Å². The van der Waals surface area contributed by atoms with Crippen LogP contribution in [0, 0.1) is 0 Å². The van der Waals surface area contributed by atoms with Crippen LogP contribution < -0.4 is 10.9 Å². The van der Waals surface area contributed by atoms with Crippen LogP contribution >= 0.6 is 0 Å². The molecule has 0 bridgehead atoms. The lowest BCUT2D eigenvalue weighted by molar-refractivity contribution is 0.550. The van der Waals surface area contributed by atoms with Crippen LogP contribution in [0.15, 0.2) is 47.5 Å². The van der Waals surface area contributed by atoms with Gasteiger partial charge in [-0.05, 0) is 19.4 Å². The molecule has 1 N–H and O–H groups in total. The first-order valence-electron chi connectivity index (χ1n) is 7.28. The van der Waals surface area contributed by atoms with Crippen molar-refractivity contribution in [1.29, 1.82) is 0 Å². The zero-order valence-electron chi connectivity index (χ0n) is 13.1. The summed E-state index contributed by atoms with van der Waals surface area (Å²) in [5, 5.41) is 3.20. The number of anilines is 1. The second kappa shape index (κ2) is 6.12. The average molecular weight is 285 g/mol. The van der Waals surface area contributed by atoms with Crippen molar-refractivity contribution in [3.63, 3.8) is 0 Å². The Morgan fingerprint density at radius 2 is 1.90 bits per heavy atom. The van der Waals surface area contributed by atoms with E-state index in [0.29, 0.717) is 12.4 Å². The van der Waals surface area contributed by atoms with E-state index in [9.17, 15) is 4.79 Å². The Labute approximate surface area is 125 Å². The molecule has 1 aromatic carbocycles. The molecule has 0 fully saturated rings. The summed E-state index contributed by atoms with van der Waals surface area (Å²) in [4.78, 5) is 16.5. The van der Waals surface area contributed by atoms with Gasteiger partial charge in [0.1, 0.15) is 0 Å². The lowest BCUT2D eigenvalue weighted by Gasteiger charge is -2.26. The summed E-state index contributed by atoms with van der Waals surface area (Å²) >= 11 is 0. The standard InChI is InChI=1S/C17H23N3O/c1-13(2)20-11-10-18-15(16(20)21)19-12-17(3,4)14-8-6-5-7-9-14/h5-11,13H,12H2,1-4H3,(H,18,19). The number of benzene rings is 1. The van der Waals surface area contributed by atoms with Gasteiger partial charge in [0.25, 0.3) is 5.56 Å². The molecule has 0 spiro atoms. The van der Waals surface area contributed by atoms with Gasteiger partial charge in [-0.2, -0.15) is 0 Å². The third kappa shape index (κ3) is 3.51. The monoisotopic (exact) mass is 285 g/mol. The fraction of sp³-hybridized carbons (Fsp3) is 0.412. The summed E-state index contributed by atoms with van der Waals surface area (Å²) in [6, 6.07) is 10.4. The third-order valence-electron chi connectivity index (χ3n) is 3.68. The molecule has 4 nitrogen and oxygen atoms in total. The number of hydrogen-bond donors (Lipinski definition) is 1. The Morgan fingerprint density at radius 1 is 1.24 bits per heavy atom. The van der Waals surface area contributed by atoms with Gasteiger partial charge in [-0.3, -0.25) is 4.79 Å². The van der Waals surface area contributed by atoms with E-state index in [1.54, 1.807) is 17.0 Å². The molecule has 21 heavy (non-hydrogen) atoms. The molecule has 1 heterocycles. The summed E-state index contributed by atoms with van der Waals surface area (Å²) in [6.45, 7) is 8.93. The van der Waals surface area contributed by atoms with E-state index in [-0.39, 0.29) is 17.0 Å². The van der Waals surface area contributed by atoms with Crippen LogP contribution in [0.1, 0.15) is 39.3 Å². The lowest BCUT2D eigenvalue weighted by Crippen LogP contribution is -2.32. The van der Waals surface area contributed by atoms with Crippen molar-refractivity contribution in [2.45, 2.75) is 39.2 Å². The van der Waals surface area contributed by atoms with Crippen LogP contribution in [0.5, 0.6) is 0 Å². The molecular weight excluding hydrogens is 262 g/mol. The largest absolute Gasteiger partial charge is 0.365 e. The number of nitrogens with zero attached hydrogens (tertiary/aromatic N) is 2. The Bertz CT molecular complexity index is 645. The highest BCUT2D eigenvalue weighted by Crippen LogP contribution is 2.22. The van der Waals surface area contributed by atoms with Gasteiger partial charge >= 0.3 is 0 Å². The second-order valence-corrected chi connectivity index (χ2v) is 6.19. The first-order chi connectivity index (χ1) is 9.92.